The fourth-order valence-corrected chi connectivity index (χ4v) is 3.13. The van der Waals surface area contributed by atoms with Crippen molar-refractivity contribution in [2.45, 2.75) is 72.7 Å². The molecule has 0 aliphatic carbocycles. The number of rotatable bonds is 6. The van der Waals surface area contributed by atoms with Gasteiger partial charge in [0, 0.05) is 28.5 Å². The van der Waals surface area contributed by atoms with Crippen LogP contribution in [0.15, 0.2) is 29.1 Å². The van der Waals surface area contributed by atoms with E-state index in [-0.39, 0.29) is 23.1 Å². The highest BCUT2D eigenvalue weighted by atomic mass is 35.5. The Bertz CT molecular complexity index is 1160. The number of nitrogens with zero attached hydrogens (tertiary/aromatic N) is 2. The van der Waals surface area contributed by atoms with Crippen molar-refractivity contribution in [2.24, 2.45) is 5.41 Å². The summed E-state index contributed by atoms with van der Waals surface area (Å²) in [5, 5.41) is 3.03. The highest BCUT2D eigenvalue weighted by Gasteiger charge is 2.29. The second kappa shape index (κ2) is 10.4. The highest BCUT2D eigenvalue weighted by molar-refractivity contribution is 6.31. The summed E-state index contributed by atoms with van der Waals surface area (Å²) in [6, 6.07) is 5.57. The monoisotopic (exact) mass is 515 g/mol. The smallest absolute Gasteiger partial charge is 0.389 e. The van der Waals surface area contributed by atoms with Crippen LogP contribution in [0.5, 0.6) is 0 Å². The van der Waals surface area contributed by atoms with Gasteiger partial charge in [-0.05, 0) is 39.0 Å². The molecule has 0 saturated heterocycles. The van der Waals surface area contributed by atoms with Crippen LogP contribution < -0.4 is 10.9 Å². The Labute approximate surface area is 206 Å². The number of benzene rings is 1. The molecular formula is C24H29ClF3N3O4. The van der Waals surface area contributed by atoms with Gasteiger partial charge >= 0.3 is 12.1 Å². The Morgan fingerprint density at radius 3 is 2.26 bits per heavy atom. The first kappa shape index (κ1) is 28.4. The number of esters is 1. The molecule has 2 aromatic rings. The Balaban J connectivity index is 2.59. The van der Waals surface area contributed by atoms with Crippen LogP contribution in [0, 0.1) is 5.41 Å². The SMILES string of the molecule is CC(C)(C)OC(=O)Cn1c(CCC(F)(F)F)nc(-c2ccc(Cl)cc2NC(=O)C(C)(C)C)cc1=O. The van der Waals surface area contributed by atoms with Gasteiger partial charge in [0.15, 0.2) is 0 Å². The van der Waals surface area contributed by atoms with E-state index in [0.717, 1.165) is 10.6 Å². The largest absolute Gasteiger partial charge is 0.459 e. The summed E-state index contributed by atoms with van der Waals surface area (Å²) < 4.78 is 45.0. The molecular weight excluding hydrogens is 487 g/mol. The van der Waals surface area contributed by atoms with Crippen molar-refractivity contribution in [1.82, 2.24) is 9.55 Å². The zero-order valence-corrected chi connectivity index (χ0v) is 21.2. The molecule has 1 N–H and O–H groups in total. The second-order valence-corrected chi connectivity index (χ2v) is 10.5. The van der Waals surface area contributed by atoms with Crippen LogP contribution in [0.1, 0.15) is 53.8 Å². The molecule has 0 unspecified atom stereocenters. The highest BCUT2D eigenvalue weighted by Crippen LogP contribution is 2.31. The lowest BCUT2D eigenvalue weighted by Gasteiger charge is -2.21. The average Bonchev–Trinajstić information content (AvgIpc) is 2.65. The number of ether oxygens (including phenoxy) is 1. The number of nitrogens with one attached hydrogen (secondary N) is 1. The van der Waals surface area contributed by atoms with Gasteiger partial charge in [0.1, 0.15) is 18.0 Å². The number of hydrogen-bond donors (Lipinski definition) is 1. The van der Waals surface area contributed by atoms with E-state index in [9.17, 15) is 27.6 Å². The van der Waals surface area contributed by atoms with Crippen LogP contribution in [-0.2, 0) is 27.3 Å². The molecule has 0 atom stereocenters. The van der Waals surface area contributed by atoms with Crippen LogP contribution in [0.4, 0.5) is 18.9 Å². The predicted molar refractivity (Wildman–Crippen MR) is 127 cm³/mol. The van der Waals surface area contributed by atoms with Gasteiger partial charge in [-0.25, -0.2) is 4.98 Å². The predicted octanol–water partition coefficient (Wildman–Crippen LogP) is 5.38. The maximum atomic E-state index is 13.0. The van der Waals surface area contributed by atoms with E-state index in [1.807, 2.05) is 0 Å². The molecule has 1 amide bonds. The molecule has 11 heteroatoms. The molecule has 0 aliphatic rings. The third kappa shape index (κ3) is 8.69. The summed E-state index contributed by atoms with van der Waals surface area (Å²) in [5.74, 6) is -1.36. The number of amides is 1. The Kier molecular flexibility index (Phi) is 8.42. The minimum atomic E-state index is -4.50. The molecule has 192 valence electrons. The molecule has 0 radical (unpaired) electrons. The quantitative estimate of drug-likeness (QED) is 0.521. The number of carbonyl (C=O) groups excluding carboxylic acids is 2. The summed E-state index contributed by atoms with van der Waals surface area (Å²) in [5.41, 5.74) is -1.75. The molecule has 0 bridgehead atoms. The molecule has 1 heterocycles. The molecule has 2 rings (SSSR count). The van der Waals surface area contributed by atoms with E-state index in [0.29, 0.717) is 10.6 Å². The summed E-state index contributed by atoms with van der Waals surface area (Å²) in [4.78, 5) is 42.1. The lowest BCUT2D eigenvalue weighted by atomic mass is 9.95. The van der Waals surface area contributed by atoms with Crippen molar-refractivity contribution in [2.75, 3.05) is 5.32 Å². The molecule has 1 aromatic heterocycles. The van der Waals surface area contributed by atoms with Gasteiger partial charge in [0.2, 0.25) is 5.91 Å². The molecule has 35 heavy (non-hydrogen) atoms. The van der Waals surface area contributed by atoms with Gasteiger partial charge in [-0.1, -0.05) is 32.4 Å². The molecule has 7 nitrogen and oxygen atoms in total. The molecule has 0 aliphatic heterocycles. The van der Waals surface area contributed by atoms with Crippen molar-refractivity contribution in [3.63, 3.8) is 0 Å². The molecule has 0 fully saturated rings. The van der Waals surface area contributed by atoms with E-state index in [1.165, 1.54) is 18.2 Å². The molecule has 1 aromatic carbocycles. The lowest BCUT2D eigenvalue weighted by molar-refractivity contribution is -0.155. The van der Waals surface area contributed by atoms with Gasteiger partial charge in [0.05, 0.1) is 17.8 Å². The van der Waals surface area contributed by atoms with Crippen LogP contribution in [0.25, 0.3) is 11.3 Å². The zero-order valence-electron chi connectivity index (χ0n) is 20.5. The minimum absolute atomic E-state index is 0.0356. The maximum Gasteiger partial charge on any atom is 0.389 e. The van der Waals surface area contributed by atoms with Crippen molar-refractivity contribution < 1.29 is 27.5 Å². The van der Waals surface area contributed by atoms with Gasteiger partial charge in [-0.15, -0.1) is 0 Å². The van der Waals surface area contributed by atoms with Gasteiger partial charge in [0.25, 0.3) is 5.56 Å². The van der Waals surface area contributed by atoms with Gasteiger partial charge < -0.3 is 10.1 Å². The van der Waals surface area contributed by atoms with Crippen molar-refractivity contribution in [3.05, 3.63) is 45.5 Å². The lowest BCUT2D eigenvalue weighted by Crippen LogP contribution is -2.33. The normalized spacial score (nSPS) is 12.4. The maximum absolute atomic E-state index is 13.0. The van der Waals surface area contributed by atoms with Crippen molar-refractivity contribution in [1.29, 1.82) is 0 Å². The number of anilines is 1. The topological polar surface area (TPSA) is 90.3 Å². The van der Waals surface area contributed by atoms with E-state index < -0.39 is 48.1 Å². The first-order valence-corrected chi connectivity index (χ1v) is 11.2. The van der Waals surface area contributed by atoms with E-state index in [4.69, 9.17) is 16.3 Å². The van der Waals surface area contributed by atoms with Crippen LogP contribution in [-0.4, -0.2) is 33.2 Å². The summed E-state index contributed by atoms with van der Waals surface area (Å²) in [6.07, 6.45) is -6.38. The number of alkyl halides is 3. The van der Waals surface area contributed by atoms with Crippen LogP contribution >= 0.6 is 11.6 Å². The summed E-state index contributed by atoms with van der Waals surface area (Å²) in [7, 11) is 0. The molecule has 0 saturated carbocycles. The number of hydrogen-bond acceptors (Lipinski definition) is 5. The fourth-order valence-electron chi connectivity index (χ4n) is 2.96. The second-order valence-electron chi connectivity index (χ2n) is 10.1. The number of halogens is 4. The van der Waals surface area contributed by atoms with E-state index >= 15 is 0 Å². The molecule has 0 spiro atoms. The Morgan fingerprint density at radius 1 is 1.09 bits per heavy atom. The van der Waals surface area contributed by atoms with Crippen LogP contribution in [0.2, 0.25) is 5.02 Å². The third-order valence-corrected chi connectivity index (χ3v) is 4.85. The van der Waals surface area contributed by atoms with Crippen LogP contribution in [0.3, 0.4) is 0 Å². The number of aromatic nitrogens is 2. The van der Waals surface area contributed by atoms with Crippen molar-refractivity contribution in [3.8, 4) is 11.3 Å². The zero-order chi connectivity index (χ0) is 26.8. The van der Waals surface area contributed by atoms with Gasteiger partial charge in [-0.2, -0.15) is 13.2 Å². The summed E-state index contributed by atoms with van der Waals surface area (Å²) >= 11 is 6.09. The third-order valence-electron chi connectivity index (χ3n) is 4.61. The minimum Gasteiger partial charge on any atom is -0.459 e. The Morgan fingerprint density at radius 2 is 1.71 bits per heavy atom. The average molecular weight is 516 g/mol. The Hall–Kier alpha value is -2.88. The first-order chi connectivity index (χ1) is 15.9. The first-order valence-electron chi connectivity index (χ1n) is 10.9. The fraction of sp³-hybridized carbons (Fsp3) is 0.500. The van der Waals surface area contributed by atoms with E-state index in [1.54, 1.807) is 41.5 Å². The number of carbonyl (C=O) groups is 2. The standard InChI is InChI=1S/C24H29ClF3N3O4/c1-22(2,3)21(34)30-16-11-14(25)7-8-15(16)17-12-19(32)31(13-20(33)35-23(4,5)6)18(29-17)9-10-24(26,27)28/h7-8,11-12H,9-10,13H2,1-6H3,(H,30,34). The van der Waals surface area contributed by atoms with Crippen molar-refractivity contribution >= 4 is 29.2 Å². The number of aryl methyl sites for hydroxylation is 1. The van der Waals surface area contributed by atoms with E-state index in [2.05, 4.69) is 10.3 Å². The van der Waals surface area contributed by atoms with Gasteiger partial charge in [-0.3, -0.25) is 19.0 Å². The summed E-state index contributed by atoms with van der Waals surface area (Å²) in [6.45, 7) is 9.42.